The third-order valence-electron chi connectivity index (χ3n) is 5.61. The van der Waals surface area contributed by atoms with Gasteiger partial charge in [-0.1, -0.05) is 12.1 Å². The number of fused-ring (bicyclic) bond motifs is 4. The summed E-state index contributed by atoms with van der Waals surface area (Å²) < 4.78 is 2.03. The Morgan fingerprint density at radius 1 is 1.12 bits per heavy atom. The maximum atomic E-state index is 13.1. The van der Waals surface area contributed by atoms with Crippen LogP contribution in [0.5, 0.6) is 0 Å². The van der Waals surface area contributed by atoms with Gasteiger partial charge in [0.25, 0.3) is 5.56 Å². The summed E-state index contributed by atoms with van der Waals surface area (Å²) in [7, 11) is 0. The monoisotopic (exact) mass is 363 g/mol. The largest absolute Gasteiger partial charge is 0.311 e. The van der Waals surface area contributed by atoms with E-state index in [0.29, 0.717) is 11.8 Å². The van der Waals surface area contributed by atoms with Gasteiger partial charge in [0.05, 0.1) is 0 Å². The SMILES string of the molecule is O=c1c(-c2cccnc2)ccc2n1CC1CC2CN(Cc2cccs2)C1. The topological polar surface area (TPSA) is 38.1 Å². The van der Waals surface area contributed by atoms with E-state index in [1.165, 1.54) is 17.0 Å². The molecule has 2 aliphatic rings. The van der Waals surface area contributed by atoms with Gasteiger partial charge in [-0.15, -0.1) is 11.3 Å². The van der Waals surface area contributed by atoms with Gasteiger partial charge >= 0.3 is 0 Å². The predicted octanol–water partition coefficient (Wildman–Crippen LogP) is 3.59. The van der Waals surface area contributed by atoms with E-state index in [1.807, 2.05) is 34.1 Å². The maximum absolute atomic E-state index is 13.1. The summed E-state index contributed by atoms with van der Waals surface area (Å²) in [5.41, 5.74) is 3.01. The molecule has 4 nitrogen and oxygen atoms in total. The van der Waals surface area contributed by atoms with Crippen LogP contribution < -0.4 is 5.56 Å². The fourth-order valence-electron chi connectivity index (χ4n) is 4.54. The lowest BCUT2D eigenvalue weighted by molar-refractivity contribution is 0.115. The fourth-order valence-corrected chi connectivity index (χ4v) is 5.28. The van der Waals surface area contributed by atoms with E-state index < -0.39 is 0 Å². The van der Waals surface area contributed by atoms with Crippen molar-refractivity contribution in [2.75, 3.05) is 13.1 Å². The second-order valence-corrected chi connectivity index (χ2v) is 8.43. The van der Waals surface area contributed by atoms with Gasteiger partial charge in [-0.25, -0.2) is 0 Å². The van der Waals surface area contributed by atoms with E-state index in [9.17, 15) is 4.79 Å². The first kappa shape index (κ1) is 16.0. The summed E-state index contributed by atoms with van der Waals surface area (Å²) >= 11 is 1.83. The van der Waals surface area contributed by atoms with E-state index in [0.717, 1.165) is 37.3 Å². The highest BCUT2D eigenvalue weighted by Crippen LogP contribution is 2.36. The summed E-state index contributed by atoms with van der Waals surface area (Å²) in [6.45, 7) is 3.99. The second-order valence-electron chi connectivity index (χ2n) is 7.40. The molecule has 1 saturated heterocycles. The molecule has 2 bridgehead atoms. The van der Waals surface area contributed by atoms with Crippen molar-refractivity contribution in [3.05, 3.63) is 75.1 Å². The molecule has 0 spiro atoms. The normalized spacial score (nSPS) is 22.2. The Morgan fingerprint density at radius 3 is 2.88 bits per heavy atom. The van der Waals surface area contributed by atoms with E-state index in [4.69, 9.17) is 0 Å². The van der Waals surface area contributed by atoms with Crippen molar-refractivity contribution in [1.29, 1.82) is 0 Å². The quantitative estimate of drug-likeness (QED) is 0.714. The van der Waals surface area contributed by atoms with Crippen LogP contribution in [0.4, 0.5) is 0 Å². The van der Waals surface area contributed by atoms with Crippen LogP contribution in [0.1, 0.15) is 22.9 Å². The van der Waals surface area contributed by atoms with Gasteiger partial charge in [-0.2, -0.15) is 0 Å². The lowest BCUT2D eigenvalue weighted by Gasteiger charge is -2.42. The molecular weight excluding hydrogens is 342 g/mol. The molecule has 3 aromatic rings. The zero-order valence-electron chi connectivity index (χ0n) is 14.5. The molecule has 0 aliphatic carbocycles. The first-order chi connectivity index (χ1) is 12.8. The van der Waals surface area contributed by atoms with Gasteiger partial charge in [0.15, 0.2) is 0 Å². The second kappa shape index (κ2) is 6.49. The molecule has 5 heterocycles. The van der Waals surface area contributed by atoms with Gasteiger partial charge < -0.3 is 4.57 Å². The number of pyridine rings is 2. The number of likely N-dealkylation sites (tertiary alicyclic amines) is 1. The van der Waals surface area contributed by atoms with E-state index in [1.54, 1.807) is 12.4 Å². The van der Waals surface area contributed by atoms with E-state index >= 15 is 0 Å². The molecular formula is C21H21N3OS. The van der Waals surface area contributed by atoms with Crippen LogP contribution >= 0.6 is 11.3 Å². The molecule has 0 radical (unpaired) electrons. The van der Waals surface area contributed by atoms with Crippen LogP contribution in [0, 0.1) is 5.92 Å². The van der Waals surface area contributed by atoms with Gasteiger partial charge in [0, 0.05) is 66.2 Å². The Balaban J connectivity index is 1.46. The Hall–Kier alpha value is -2.24. The Morgan fingerprint density at radius 2 is 2.08 bits per heavy atom. The Labute approximate surface area is 156 Å². The first-order valence-corrected chi connectivity index (χ1v) is 10.0. The van der Waals surface area contributed by atoms with Gasteiger partial charge in [0.2, 0.25) is 0 Å². The van der Waals surface area contributed by atoms with Crippen molar-refractivity contribution < 1.29 is 0 Å². The third-order valence-corrected chi connectivity index (χ3v) is 6.47. The zero-order valence-corrected chi connectivity index (χ0v) is 15.4. The van der Waals surface area contributed by atoms with Crippen molar-refractivity contribution in [2.24, 2.45) is 5.92 Å². The molecule has 2 atom stereocenters. The average Bonchev–Trinajstić information content (AvgIpc) is 3.16. The maximum Gasteiger partial charge on any atom is 0.258 e. The van der Waals surface area contributed by atoms with E-state index in [2.05, 4.69) is 33.5 Å². The average molecular weight is 363 g/mol. The Kier molecular flexibility index (Phi) is 3.98. The van der Waals surface area contributed by atoms with E-state index in [-0.39, 0.29) is 5.56 Å². The number of rotatable bonds is 3. The van der Waals surface area contributed by atoms with Crippen molar-refractivity contribution in [1.82, 2.24) is 14.5 Å². The van der Waals surface area contributed by atoms with Crippen LogP contribution in [0.25, 0.3) is 11.1 Å². The fraction of sp³-hybridized carbons (Fsp3) is 0.333. The van der Waals surface area contributed by atoms with Crippen LogP contribution in [0.15, 0.2) is 59.0 Å². The summed E-state index contributed by atoms with van der Waals surface area (Å²) in [6.07, 6.45) is 4.72. The summed E-state index contributed by atoms with van der Waals surface area (Å²) in [4.78, 5) is 21.3. The molecule has 5 heteroatoms. The summed E-state index contributed by atoms with van der Waals surface area (Å²) in [5.74, 6) is 1.01. The molecule has 0 saturated carbocycles. The summed E-state index contributed by atoms with van der Waals surface area (Å²) in [5, 5.41) is 2.15. The number of hydrogen-bond donors (Lipinski definition) is 0. The molecule has 26 heavy (non-hydrogen) atoms. The molecule has 1 fully saturated rings. The molecule has 0 N–H and O–H groups in total. The minimum absolute atomic E-state index is 0.136. The number of hydrogen-bond acceptors (Lipinski definition) is 4. The standard InChI is InChI=1S/C21H21N3OS/c25-21-19(16-3-1-7-22-10-16)5-6-20-17-9-15(12-24(20)21)11-23(13-17)14-18-4-2-8-26-18/h1-8,10,15,17H,9,11-14H2. The molecule has 2 unspecified atom stereocenters. The smallest absolute Gasteiger partial charge is 0.258 e. The molecule has 132 valence electrons. The Bertz CT molecular complexity index is 965. The van der Waals surface area contributed by atoms with Gasteiger partial charge in [-0.05, 0) is 42.0 Å². The minimum Gasteiger partial charge on any atom is -0.311 e. The lowest BCUT2D eigenvalue weighted by Crippen LogP contribution is -2.46. The zero-order chi connectivity index (χ0) is 17.5. The van der Waals surface area contributed by atoms with Crippen LogP contribution in [0.2, 0.25) is 0 Å². The highest BCUT2D eigenvalue weighted by molar-refractivity contribution is 7.09. The predicted molar refractivity (Wildman–Crippen MR) is 104 cm³/mol. The highest BCUT2D eigenvalue weighted by atomic mass is 32.1. The molecule has 3 aromatic heterocycles. The van der Waals surface area contributed by atoms with Crippen molar-refractivity contribution >= 4 is 11.3 Å². The van der Waals surface area contributed by atoms with Crippen LogP contribution in [-0.2, 0) is 13.1 Å². The van der Waals surface area contributed by atoms with Crippen molar-refractivity contribution in [2.45, 2.75) is 25.4 Å². The first-order valence-electron chi connectivity index (χ1n) is 9.17. The third kappa shape index (κ3) is 2.81. The number of piperidine rings is 1. The van der Waals surface area contributed by atoms with Gasteiger partial charge in [-0.3, -0.25) is 14.7 Å². The highest BCUT2D eigenvalue weighted by Gasteiger charge is 2.35. The van der Waals surface area contributed by atoms with Gasteiger partial charge in [0.1, 0.15) is 0 Å². The van der Waals surface area contributed by atoms with Crippen LogP contribution in [-0.4, -0.2) is 27.5 Å². The molecule has 5 rings (SSSR count). The number of nitrogens with zero attached hydrogens (tertiary/aromatic N) is 3. The minimum atomic E-state index is 0.136. The summed E-state index contributed by atoms with van der Waals surface area (Å²) in [6, 6.07) is 12.3. The lowest BCUT2D eigenvalue weighted by atomic mass is 9.83. The molecule has 2 aliphatic heterocycles. The number of aromatic nitrogens is 2. The van der Waals surface area contributed by atoms with Crippen molar-refractivity contribution in [3.63, 3.8) is 0 Å². The van der Waals surface area contributed by atoms with Crippen molar-refractivity contribution in [3.8, 4) is 11.1 Å². The van der Waals surface area contributed by atoms with Crippen LogP contribution in [0.3, 0.4) is 0 Å². The molecule has 0 amide bonds. The molecule has 0 aromatic carbocycles. The number of thiophene rings is 1.